The van der Waals surface area contributed by atoms with E-state index < -0.39 is 5.91 Å². The lowest BCUT2D eigenvalue weighted by atomic mass is 9.98. The number of hydrogen-bond donors (Lipinski definition) is 3. The lowest BCUT2D eigenvalue weighted by molar-refractivity contribution is -0.129. The van der Waals surface area contributed by atoms with Crippen LogP contribution < -0.4 is 16.4 Å². The van der Waals surface area contributed by atoms with Crippen molar-refractivity contribution in [2.75, 3.05) is 6.54 Å². The standard InChI is InChI=1S/C14H17N3O3/c15-13(19)10-3-1-2-9(6-10)7-17-14(20)11-4-5-12(18)16-8-11/h1-3,6,11H,4-5,7-8H2,(H2,15,19)(H,16,18)(H,17,20). The summed E-state index contributed by atoms with van der Waals surface area (Å²) in [6, 6.07) is 6.83. The highest BCUT2D eigenvalue weighted by atomic mass is 16.2. The van der Waals surface area contributed by atoms with Gasteiger partial charge in [0.25, 0.3) is 0 Å². The van der Waals surface area contributed by atoms with Gasteiger partial charge >= 0.3 is 0 Å². The van der Waals surface area contributed by atoms with Crippen LogP contribution in [0.15, 0.2) is 24.3 Å². The summed E-state index contributed by atoms with van der Waals surface area (Å²) in [5.41, 5.74) is 6.43. The van der Waals surface area contributed by atoms with Gasteiger partial charge in [-0.15, -0.1) is 0 Å². The highest BCUT2D eigenvalue weighted by molar-refractivity contribution is 5.92. The van der Waals surface area contributed by atoms with Gasteiger partial charge in [0.1, 0.15) is 0 Å². The van der Waals surface area contributed by atoms with Gasteiger partial charge in [0.15, 0.2) is 0 Å². The molecule has 0 aliphatic carbocycles. The van der Waals surface area contributed by atoms with E-state index in [1.807, 2.05) is 6.07 Å². The Labute approximate surface area is 116 Å². The van der Waals surface area contributed by atoms with E-state index in [1.165, 1.54) is 0 Å². The molecule has 1 atom stereocenters. The summed E-state index contributed by atoms with van der Waals surface area (Å²) in [6.45, 7) is 0.719. The second kappa shape index (κ2) is 6.18. The third kappa shape index (κ3) is 3.57. The maximum atomic E-state index is 11.9. The van der Waals surface area contributed by atoms with Gasteiger partial charge in [-0.1, -0.05) is 12.1 Å². The van der Waals surface area contributed by atoms with Crippen molar-refractivity contribution in [3.8, 4) is 0 Å². The van der Waals surface area contributed by atoms with E-state index >= 15 is 0 Å². The van der Waals surface area contributed by atoms with E-state index in [1.54, 1.807) is 18.2 Å². The Bertz CT molecular complexity index is 532. The first-order chi connectivity index (χ1) is 9.56. The molecule has 4 N–H and O–H groups in total. The van der Waals surface area contributed by atoms with E-state index in [2.05, 4.69) is 10.6 Å². The molecule has 0 radical (unpaired) electrons. The van der Waals surface area contributed by atoms with Crippen LogP contribution in [0.5, 0.6) is 0 Å². The van der Waals surface area contributed by atoms with Gasteiger partial charge < -0.3 is 16.4 Å². The molecule has 0 spiro atoms. The van der Waals surface area contributed by atoms with Crippen molar-refractivity contribution in [2.45, 2.75) is 19.4 Å². The van der Waals surface area contributed by atoms with Crippen LogP contribution in [0, 0.1) is 5.92 Å². The number of primary amides is 1. The van der Waals surface area contributed by atoms with E-state index in [-0.39, 0.29) is 17.7 Å². The van der Waals surface area contributed by atoms with Gasteiger partial charge in [-0.2, -0.15) is 0 Å². The fourth-order valence-electron chi connectivity index (χ4n) is 2.12. The Morgan fingerprint density at radius 2 is 2.20 bits per heavy atom. The lowest BCUT2D eigenvalue weighted by Crippen LogP contribution is -2.42. The normalized spacial score (nSPS) is 18.2. The number of nitrogens with two attached hydrogens (primary N) is 1. The zero-order chi connectivity index (χ0) is 14.5. The highest BCUT2D eigenvalue weighted by Crippen LogP contribution is 2.11. The SMILES string of the molecule is NC(=O)c1cccc(CNC(=O)C2CCC(=O)NC2)c1. The van der Waals surface area contributed by atoms with Crippen molar-refractivity contribution in [2.24, 2.45) is 11.7 Å². The van der Waals surface area contributed by atoms with Crippen molar-refractivity contribution >= 4 is 17.7 Å². The minimum atomic E-state index is -0.492. The molecule has 6 nitrogen and oxygen atoms in total. The molecule has 0 aromatic heterocycles. The maximum Gasteiger partial charge on any atom is 0.248 e. The van der Waals surface area contributed by atoms with E-state index in [9.17, 15) is 14.4 Å². The summed E-state index contributed by atoms with van der Waals surface area (Å²) in [5.74, 6) is -0.780. The number of piperidine rings is 1. The third-order valence-corrected chi connectivity index (χ3v) is 3.31. The minimum absolute atomic E-state index is 0.0109. The molecule has 1 aromatic rings. The Kier molecular flexibility index (Phi) is 4.34. The summed E-state index contributed by atoms with van der Waals surface area (Å²) in [4.78, 5) is 34.0. The lowest BCUT2D eigenvalue weighted by Gasteiger charge is -2.21. The number of carbonyl (C=O) groups is 3. The molecule has 6 heteroatoms. The molecule has 1 aliphatic heterocycles. The topological polar surface area (TPSA) is 101 Å². The van der Waals surface area contributed by atoms with Crippen LogP contribution in [0.3, 0.4) is 0 Å². The van der Waals surface area contributed by atoms with Crippen LogP contribution >= 0.6 is 0 Å². The summed E-state index contributed by atoms with van der Waals surface area (Å²) >= 11 is 0. The Balaban J connectivity index is 1.88. The van der Waals surface area contributed by atoms with Gasteiger partial charge in [0.05, 0.1) is 5.92 Å². The zero-order valence-corrected chi connectivity index (χ0v) is 11.0. The van der Waals surface area contributed by atoms with Gasteiger partial charge in [0, 0.05) is 25.1 Å². The van der Waals surface area contributed by atoms with Crippen molar-refractivity contribution in [1.82, 2.24) is 10.6 Å². The zero-order valence-electron chi connectivity index (χ0n) is 11.0. The molecule has 1 aliphatic rings. The van der Waals surface area contributed by atoms with Gasteiger partial charge in [-0.3, -0.25) is 14.4 Å². The molecule has 0 bridgehead atoms. The number of nitrogens with one attached hydrogen (secondary N) is 2. The summed E-state index contributed by atoms with van der Waals surface area (Å²) in [7, 11) is 0. The summed E-state index contributed by atoms with van der Waals surface area (Å²) < 4.78 is 0. The number of benzene rings is 1. The Morgan fingerprint density at radius 3 is 2.85 bits per heavy atom. The first-order valence-corrected chi connectivity index (χ1v) is 6.49. The van der Waals surface area contributed by atoms with Crippen LogP contribution in [0.1, 0.15) is 28.8 Å². The van der Waals surface area contributed by atoms with Crippen molar-refractivity contribution in [1.29, 1.82) is 0 Å². The highest BCUT2D eigenvalue weighted by Gasteiger charge is 2.23. The van der Waals surface area contributed by atoms with Crippen LogP contribution in [0.4, 0.5) is 0 Å². The van der Waals surface area contributed by atoms with Crippen LogP contribution in [-0.2, 0) is 16.1 Å². The molecule has 1 saturated heterocycles. The monoisotopic (exact) mass is 275 g/mol. The van der Waals surface area contributed by atoms with Gasteiger partial charge in [-0.25, -0.2) is 0 Å². The molecule has 106 valence electrons. The first-order valence-electron chi connectivity index (χ1n) is 6.49. The predicted molar refractivity (Wildman–Crippen MR) is 72.5 cm³/mol. The molecule has 3 amide bonds. The molecule has 1 heterocycles. The fraction of sp³-hybridized carbons (Fsp3) is 0.357. The van der Waals surface area contributed by atoms with Gasteiger partial charge in [0.2, 0.25) is 17.7 Å². The largest absolute Gasteiger partial charge is 0.366 e. The fourth-order valence-corrected chi connectivity index (χ4v) is 2.12. The number of hydrogen-bond acceptors (Lipinski definition) is 3. The van der Waals surface area contributed by atoms with Crippen LogP contribution in [-0.4, -0.2) is 24.3 Å². The predicted octanol–water partition coefficient (Wildman–Crippen LogP) is -0.0721. The molecular weight excluding hydrogens is 258 g/mol. The minimum Gasteiger partial charge on any atom is -0.366 e. The Hall–Kier alpha value is -2.37. The third-order valence-electron chi connectivity index (χ3n) is 3.31. The molecule has 1 fully saturated rings. The summed E-state index contributed by atoms with van der Waals surface area (Å²) in [5, 5.41) is 5.48. The molecule has 0 saturated carbocycles. The van der Waals surface area contributed by atoms with E-state index in [4.69, 9.17) is 5.73 Å². The smallest absolute Gasteiger partial charge is 0.248 e. The molecular formula is C14H17N3O3. The number of carbonyl (C=O) groups excluding carboxylic acids is 3. The van der Waals surface area contributed by atoms with Crippen LogP contribution in [0.2, 0.25) is 0 Å². The second-order valence-corrected chi connectivity index (χ2v) is 4.82. The van der Waals surface area contributed by atoms with Crippen molar-refractivity contribution < 1.29 is 14.4 Å². The summed E-state index contributed by atoms with van der Waals surface area (Å²) in [6.07, 6.45) is 0.953. The number of amides is 3. The molecule has 1 unspecified atom stereocenters. The van der Waals surface area contributed by atoms with Crippen molar-refractivity contribution in [3.05, 3.63) is 35.4 Å². The van der Waals surface area contributed by atoms with Crippen molar-refractivity contribution in [3.63, 3.8) is 0 Å². The first kappa shape index (κ1) is 14.0. The average molecular weight is 275 g/mol. The molecule has 20 heavy (non-hydrogen) atoms. The molecule has 2 rings (SSSR count). The van der Waals surface area contributed by atoms with Gasteiger partial charge in [-0.05, 0) is 24.1 Å². The maximum absolute atomic E-state index is 11.9. The second-order valence-electron chi connectivity index (χ2n) is 4.82. The van der Waals surface area contributed by atoms with Crippen LogP contribution in [0.25, 0.3) is 0 Å². The quantitative estimate of drug-likeness (QED) is 0.716. The Morgan fingerprint density at radius 1 is 1.40 bits per heavy atom. The average Bonchev–Trinajstić information content (AvgIpc) is 2.46. The van der Waals surface area contributed by atoms with E-state index in [0.29, 0.717) is 31.5 Å². The van der Waals surface area contributed by atoms with E-state index in [0.717, 1.165) is 5.56 Å². The number of rotatable bonds is 4. The molecule has 1 aromatic carbocycles.